The van der Waals surface area contributed by atoms with E-state index in [9.17, 15) is 9.59 Å². The van der Waals surface area contributed by atoms with E-state index in [0.29, 0.717) is 16.8 Å². The van der Waals surface area contributed by atoms with E-state index in [-0.39, 0.29) is 18.1 Å². The highest BCUT2D eigenvalue weighted by Crippen LogP contribution is 2.25. The second-order valence-corrected chi connectivity index (χ2v) is 4.68. The zero-order valence-electron chi connectivity index (χ0n) is 8.29. The number of carbonyl (C=O) groups is 2. The molecule has 1 amide bonds. The number of benzene rings is 1. The van der Waals surface area contributed by atoms with Crippen molar-refractivity contribution in [2.24, 2.45) is 5.73 Å². The largest absolute Gasteiger partial charge is 0.404 e. The molecule has 1 aromatic rings. The Hall–Kier alpha value is -1.37. The molecule has 0 spiro atoms. The first kappa shape index (κ1) is 11.1. The summed E-state index contributed by atoms with van der Waals surface area (Å²) in [5.74, 6) is -0.405. The Kier molecular flexibility index (Phi) is 2.95. The second-order valence-electron chi connectivity index (χ2n) is 3.44. The SMILES string of the molecule is NC=C1CC(=O)c2ccc(I)cc2NC1=O. The standard InChI is InChI=1S/C11H9IN2O2/c12-7-1-2-8-9(4-7)14-11(16)6(5-13)3-10(8)15/h1-2,4-5H,3,13H2,(H,14,16). The van der Waals surface area contributed by atoms with Crippen LogP contribution in [-0.4, -0.2) is 11.7 Å². The van der Waals surface area contributed by atoms with Gasteiger partial charge in [0, 0.05) is 27.3 Å². The van der Waals surface area contributed by atoms with Crippen LogP contribution in [0.4, 0.5) is 5.69 Å². The summed E-state index contributed by atoms with van der Waals surface area (Å²) in [5, 5.41) is 2.68. The van der Waals surface area contributed by atoms with Crippen LogP contribution in [0.1, 0.15) is 16.8 Å². The molecule has 0 radical (unpaired) electrons. The van der Waals surface area contributed by atoms with Crippen molar-refractivity contribution in [1.29, 1.82) is 0 Å². The van der Waals surface area contributed by atoms with Crippen LogP contribution >= 0.6 is 22.6 Å². The van der Waals surface area contributed by atoms with E-state index in [1.54, 1.807) is 12.1 Å². The summed E-state index contributed by atoms with van der Waals surface area (Å²) >= 11 is 2.13. The summed E-state index contributed by atoms with van der Waals surface area (Å²) in [4.78, 5) is 23.5. The maximum atomic E-state index is 11.8. The maximum absolute atomic E-state index is 11.8. The minimum atomic E-state index is -0.309. The first-order chi connectivity index (χ1) is 7.61. The van der Waals surface area contributed by atoms with Crippen LogP contribution in [0.25, 0.3) is 0 Å². The molecule has 0 saturated carbocycles. The van der Waals surface area contributed by atoms with E-state index in [4.69, 9.17) is 5.73 Å². The molecule has 1 heterocycles. The number of nitrogens with one attached hydrogen (secondary N) is 1. The number of Topliss-reactive ketones (excluding diaryl/α,β-unsaturated/α-hetero) is 1. The Labute approximate surface area is 106 Å². The number of hydrogen-bond acceptors (Lipinski definition) is 3. The van der Waals surface area contributed by atoms with Crippen molar-refractivity contribution >= 4 is 40.0 Å². The van der Waals surface area contributed by atoms with E-state index in [1.165, 1.54) is 6.20 Å². The van der Waals surface area contributed by atoms with Gasteiger partial charge in [-0.25, -0.2) is 0 Å². The van der Waals surface area contributed by atoms with Gasteiger partial charge in [-0.05, 0) is 40.8 Å². The van der Waals surface area contributed by atoms with Gasteiger partial charge in [0.2, 0.25) is 0 Å². The Morgan fingerprint density at radius 1 is 1.38 bits per heavy atom. The second kappa shape index (κ2) is 4.25. The summed E-state index contributed by atoms with van der Waals surface area (Å²) in [7, 11) is 0. The molecule has 3 N–H and O–H groups in total. The molecular formula is C11H9IN2O2. The summed E-state index contributed by atoms with van der Waals surface area (Å²) in [6.07, 6.45) is 1.24. The van der Waals surface area contributed by atoms with Gasteiger partial charge in [0.1, 0.15) is 0 Å². The minimum Gasteiger partial charge on any atom is -0.404 e. The predicted molar refractivity (Wildman–Crippen MR) is 69.0 cm³/mol. The summed E-state index contributed by atoms with van der Waals surface area (Å²) in [6, 6.07) is 5.32. The summed E-state index contributed by atoms with van der Waals surface area (Å²) in [5.41, 5.74) is 6.70. The summed E-state index contributed by atoms with van der Waals surface area (Å²) in [6.45, 7) is 0. The van der Waals surface area contributed by atoms with Crippen molar-refractivity contribution in [3.05, 3.63) is 39.1 Å². The average molecular weight is 328 g/mol. The molecule has 1 aliphatic rings. The maximum Gasteiger partial charge on any atom is 0.253 e. The molecule has 4 nitrogen and oxygen atoms in total. The van der Waals surface area contributed by atoms with Crippen LogP contribution < -0.4 is 11.1 Å². The Bertz CT molecular complexity index is 509. The number of amides is 1. The van der Waals surface area contributed by atoms with Crippen LogP contribution in [0.5, 0.6) is 0 Å². The third-order valence-electron chi connectivity index (χ3n) is 2.37. The van der Waals surface area contributed by atoms with Gasteiger partial charge in [0.05, 0.1) is 5.69 Å². The number of ketones is 1. The molecule has 5 heteroatoms. The van der Waals surface area contributed by atoms with Gasteiger partial charge >= 0.3 is 0 Å². The highest BCUT2D eigenvalue weighted by Gasteiger charge is 2.23. The van der Waals surface area contributed by atoms with Crippen molar-refractivity contribution in [2.45, 2.75) is 6.42 Å². The molecule has 82 valence electrons. The van der Waals surface area contributed by atoms with Crippen molar-refractivity contribution in [3.63, 3.8) is 0 Å². The lowest BCUT2D eigenvalue weighted by atomic mass is 10.0. The Balaban J connectivity index is 2.53. The Morgan fingerprint density at radius 2 is 2.12 bits per heavy atom. The van der Waals surface area contributed by atoms with E-state index in [1.807, 2.05) is 6.07 Å². The third kappa shape index (κ3) is 1.95. The lowest BCUT2D eigenvalue weighted by Crippen LogP contribution is -2.14. The zero-order chi connectivity index (χ0) is 11.7. The van der Waals surface area contributed by atoms with Gasteiger partial charge < -0.3 is 11.1 Å². The molecule has 1 aliphatic heterocycles. The lowest BCUT2D eigenvalue weighted by Gasteiger charge is -2.05. The smallest absolute Gasteiger partial charge is 0.253 e. The van der Waals surface area contributed by atoms with Gasteiger partial charge in [0.25, 0.3) is 5.91 Å². The molecule has 1 aromatic carbocycles. The third-order valence-corrected chi connectivity index (χ3v) is 3.05. The average Bonchev–Trinajstić information content (AvgIpc) is 2.35. The lowest BCUT2D eigenvalue weighted by molar-refractivity contribution is -0.112. The molecule has 16 heavy (non-hydrogen) atoms. The number of fused-ring (bicyclic) bond motifs is 1. The fourth-order valence-electron chi connectivity index (χ4n) is 1.55. The number of hydrogen-bond donors (Lipinski definition) is 2. The molecule has 2 rings (SSSR count). The molecule has 0 aromatic heterocycles. The Morgan fingerprint density at radius 3 is 2.81 bits per heavy atom. The molecule has 0 atom stereocenters. The number of rotatable bonds is 0. The fourth-order valence-corrected chi connectivity index (χ4v) is 2.04. The van der Waals surface area contributed by atoms with Gasteiger partial charge in [-0.15, -0.1) is 0 Å². The highest BCUT2D eigenvalue weighted by atomic mass is 127. The monoisotopic (exact) mass is 328 g/mol. The highest BCUT2D eigenvalue weighted by molar-refractivity contribution is 14.1. The normalized spacial score (nSPS) is 17.9. The fraction of sp³-hybridized carbons (Fsp3) is 0.0909. The topological polar surface area (TPSA) is 72.2 Å². The first-order valence-corrected chi connectivity index (χ1v) is 5.74. The van der Waals surface area contributed by atoms with Crippen molar-refractivity contribution in [3.8, 4) is 0 Å². The van der Waals surface area contributed by atoms with Crippen molar-refractivity contribution in [1.82, 2.24) is 0 Å². The zero-order valence-corrected chi connectivity index (χ0v) is 10.4. The molecule has 0 saturated heterocycles. The van der Waals surface area contributed by atoms with E-state index < -0.39 is 0 Å². The van der Waals surface area contributed by atoms with E-state index in [2.05, 4.69) is 27.9 Å². The van der Waals surface area contributed by atoms with Crippen LogP contribution in [0.2, 0.25) is 0 Å². The van der Waals surface area contributed by atoms with Gasteiger partial charge in [-0.1, -0.05) is 0 Å². The van der Waals surface area contributed by atoms with Crippen molar-refractivity contribution < 1.29 is 9.59 Å². The minimum absolute atomic E-state index is 0.0515. The number of anilines is 1. The molecule has 0 fully saturated rings. The van der Waals surface area contributed by atoms with Gasteiger partial charge in [-0.3, -0.25) is 9.59 Å². The first-order valence-electron chi connectivity index (χ1n) is 4.66. The number of carbonyl (C=O) groups excluding carboxylic acids is 2. The molecule has 0 aliphatic carbocycles. The number of halogens is 1. The molecule has 0 unspecified atom stereocenters. The van der Waals surface area contributed by atoms with Crippen LogP contribution in [0.3, 0.4) is 0 Å². The molecule has 0 bridgehead atoms. The quantitative estimate of drug-likeness (QED) is 0.562. The molecular weight excluding hydrogens is 319 g/mol. The van der Waals surface area contributed by atoms with Crippen LogP contribution in [0, 0.1) is 3.57 Å². The van der Waals surface area contributed by atoms with E-state index >= 15 is 0 Å². The van der Waals surface area contributed by atoms with Crippen LogP contribution in [0.15, 0.2) is 30.0 Å². The van der Waals surface area contributed by atoms with E-state index in [0.717, 1.165) is 3.57 Å². The van der Waals surface area contributed by atoms with Gasteiger partial charge in [0.15, 0.2) is 5.78 Å². The van der Waals surface area contributed by atoms with Gasteiger partial charge in [-0.2, -0.15) is 0 Å². The predicted octanol–water partition coefficient (Wildman–Crippen LogP) is 1.66. The number of nitrogens with two attached hydrogens (primary N) is 1. The van der Waals surface area contributed by atoms with Crippen molar-refractivity contribution in [2.75, 3.05) is 5.32 Å². The summed E-state index contributed by atoms with van der Waals surface area (Å²) < 4.78 is 0.963. The van der Waals surface area contributed by atoms with Crippen LogP contribution in [-0.2, 0) is 4.79 Å².